The van der Waals surface area contributed by atoms with E-state index in [0.29, 0.717) is 13.0 Å². The number of carbonyl (C=O) groups is 2. The van der Waals surface area contributed by atoms with Crippen molar-refractivity contribution in [1.82, 2.24) is 15.2 Å². The zero-order valence-corrected chi connectivity index (χ0v) is 14.9. The van der Waals surface area contributed by atoms with Gasteiger partial charge in [0.25, 0.3) is 0 Å². The van der Waals surface area contributed by atoms with Crippen LogP contribution in [-0.4, -0.2) is 40.1 Å². The van der Waals surface area contributed by atoms with Gasteiger partial charge in [-0.2, -0.15) is 0 Å². The summed E-state index contributed by atoms with van der Waals surface area (Å²) in [5.41, 5.74) is 0.365. The molecule has 0 radical (unpaired) electrons. The first kappa shape index (κ1) is 18.2. The van der Waals surface area contributed by atoms with E-state index in [2.05, 4.69) is 10.3 Å². The highest BCUT2D eigenvalue weighted by molar-refractivity contribution is 5.86. The number of carbonyl (C=O) groups excluding carboxylic acids is 2. The summed E-state index contributed by atoms with van der Waals surface area (Å²) >= 11 is 0. The highest BCUT2D eigenvalue weighted by atomic mass is 16.6. The normalized spacial score (nSPS) is 19.5. The molecule has 0 unspecified atom stereocenters. The number of nitrogens with one attached hydrogen (secondary N) is 1. The Morgan fingerprint density at radius 2 is 2.12 bits per heavy atom. The minimum Gasteiger partial charge on any atom is -0.444 e. The summed E-state index contributed by atoms with van der Waals surface area (Å²) in [6.45, 7) is 7.95. The fraction of sp³-hybridized carbons (Fsp3) is 0.611. The van der Waals surface area contributed by atoms with E-state index in [-0.39, 0.29) is 11.9 Å². The molecule has 1 N–H and O–H groups in total. The van der Waals surface area contributed by atoms with Gasteiger partial charge in [0.05, 0.1) is 6.04 Å². The van der Waals surface area contributed by atoms with Crippen molar-refractivity contribution >= 4 is 12.0 Å². The van der Waals surface area contributed by atoms with Crippen molar-refractivity contribution in [3.8, 4) is 0 Å². The van der Waals surface area contributed by atoms with Crippen LogP contribution in [0.3, 0.4) is 0 Å². The van der Waals surface area contributed by atoms with E-state index in [1.807, 2.05) is 39.8 Å². The highest BCUT2D eigenvalue weighted by Crippen LogP contribution is 2.21. The molecule has 0 aromatic carbocycles. The molecule has 1 saturated heterocycles. The Kier molecular flexibility index (Phi) is 5.80. The molecule has 0 bridgehead atoms. The standard InChI is InChI=1S/C18H27N3O3/c1-13(14-8-7-10-19-12-14)20-16(22)15-9-5-6-11-21(15)17(23)24-18(2,3)4/h7-8,10,12-13,15H,5-6,9,11H2,1-4H3,(H,20,22)/t13-,15+/m0/s1. The van der Waals surface area contributed by atoms with Gasteiger partial charge in [-0.25, -0.2) is 4.79 Å². The molecular weight excluding hydrogens is 306 g/mol. The molecule has 2 heterocycles. The van der Waals surface area contributed by atoms with Crippen LogP contribution in [0.25, 0.3) is 0 Å². The summed E-state index contributed by atoms with van der Waals surface area (Å²) in [6, 6.07) is 3.12. The Balaban J connectivity index is 2.03. The first-order chi connectivity index (χ1) is 11.3. The maximum Gasteiger partial charge on any atom is 0.410 e. The van der Waals surface area contributed by atoms with Crippen LogP contribution in [0, 0.1) is 0 Å². The Morgan fingerprint density at radius 3 is 2.75 bits per heavy atom. The molecular formula is C18H27N3O3. The van der Waals surface area contributed by atoms with Gasteiger partial charge in [0.15, 0.2) is 0 Å². The van der Waals surface area contributed by atoms with E-state index in [4.69, 9.17) is 4.74 Å². The average Bonchev–Trinajstić information content (AvgIpc) is 2.54. The van der Waals surface area contributed by atoms with Crippen molar-refractivity contribution in [3.63, 3.8) is 0 Å². The number of piperidine rings is 1. The Labute approximate surface area is 143 Å². The van der Waals surface area contributed by atoms with Crippen LogP contribution in [0.1, 0.15) is 58.6 Å². The highest BCUT2D eigenvalue weighted by Gasteiger charge is 2.35. The van der Waals surface area contributed by atoms with E-state index in [0.717, 1.165) is 18.4 Å². The molecule has 24 heavy (non-hydrogen) atoms. The second-order valence-corrected chi connectivity index (χ2v) is 7.20. The monoisotopic (exact) mass is 333 g/mol. The van der Waals surface area contributed by atoms with E-state index in [1.54, 1.807) is 17.3 Å². The van der Waals surface area contributed by atoms with Crippen LogP contribution in [0.2, 0.25) is 0 Å². The van der Waals surface area contributed by atoms with Crippen LogP contribution < -0.4 is 5.32 Å². The summed E-state index contributed by atoms with van der Waals surface area (Å²) in [7, 11) is 0. The van der Waals surface area contributed by atoms with Crippen LogP contribution in [-0.2, 0) is 9.53 Å². The SMILES string of the molecule is C[C@H](NC(=O)[C@H]1CCCCN1C(=O)OC(C)(C)C)c1cccnc1. The third-order valence-corrected chi connectivity index (χ3v) is 3.98. The minimum absolute atomic E-state index is 0.142. The molecule has 2 amide bonds. The van der Waals surface area contributed by atoms with Gasteiger partial charge in [-0.3, -0.25) is 14.7 Å². The third kappa shape index (κ3) is 4.94. The van der Waals surface area contributed by atoms with Crippen molar-refractivity contribution in [3.05, 3.63) is 30.1 Å². The lowest BCUT2D eigenvalue weighted by atomic mass is 10.0. The number of ether oxygens (including phenoxy) is 1. The van der Waals surface area contributed by atoms with Gasteiger partial charge in [-0.15, -0.1) is 0 Å². The van der Waals surface area contributed by atoms with E-state index in [9.17, 15) is 9.59 Å². The van der Waals surface area contributed by atoms with E-state index in [1.165, 1.54) is 0 Å². The maximum atomic E-state index is 12.7. The summed E-state index contributed by atoms with van der Waals surface area (Å²) in [6.07, 6.45) is 5.49. The van der Waals surface area contributed by atoms with Gasteiger partial charge >= 0.3 is 6.09 Å². The predicted molar refractivity (Wildman–Crippen MR) is 91.4 cm³/mol. The fourth-order valence-electron chi connectivity index (χ4n) is 2.77. The third-order valence-electron chi connectivity index (χ3n) is 3.98. The molecule has 0 aliphatic carbocycles. The van der Waals surface area contributed by atoms with Gasteiger partial charge in [-0.05, 0) is 58.6 Å². The van der Waals surface area contributed by atoms with Crippen LogP contribution in [0.4, 0.5) is 4.79 Å². The zero-order valence-electron chi connectivity index (χ0n) is 14.9. The molecule has 0 spiro atoms. The second kappa shape index (κ2) is 7.64. The number of hydrogen-bond donors (Lipinski definition) is 1. The molecule has 1 fully saturated rings. The van der Waals surface area contributed by atoms with E-state index < -0.39 is 17.7 Å². The van der Waals surface area contributed by atoms with Crippen molar-refractivity contribution in [2.75, 3.05) is 6.54 Å². The van der Waals surface area contributed by atoms with Gasteiger partial charge < -0.3 is 10.1 Å². The van der Waals surface area contributed by atoms with Gasteiger partial charge in [0.1, 0.15) is 11.6 Å². The molecule has 2 atom stereocenters. The molecule has 6 heteroatoms. The molecule has 2 rings (SSSR count). The molecule has 6 nitrogen and oxygen atoms in total. The number of nitrogens with zero attached hydrogens (tertiary/aromatic N) is 2. The topological polar surface area (TPSA) is 71.5 Å². The number of pyridine rings is 1. The first-order valence-corrected chi connectivity index (χ1v) is 8.48. The molecule has 1 aliphatic heterocycles. The van der Waals surface area contributed by atoms with E-state index >= 15 is 0 Å². The largest absolute Gasteiger partial charge is 0.444 e. The summed E-state index contributed by atoms with van der Waals surface area (Å²) in [5, 5.41) is 2.99. The molecule has 1 aliphatic rings. The lowest BCUT2D eigenvalue weighted by Gasteiger charge is -2.36. The predicted octanol–water partition coefficient (Wildman–Crippen LogP) is 3.05. The zero-order chi connectivity index (χ0) is 17.7. The van der Waals surface area contributed by atoms with Crippen LogP contribution in [0.5, 0.6) is 0 Å². The first-order valence-electron chi connectivity index (χ1n) is 8.48. The van der Waals surface area contributed by atoms with Crippen LogP contribution in [0.15, 0.2) is 24.5 Å². The molecule has 0 saturated carbocycles. The number of rotatable bonds is 3. The molecule has 1 aromatic rings. The molecule has 132 valence electrons. The van der Waals surface area contributed by atoms with Crippen molar-refractivity contribution in [1.29, 1.82) is 0 Å². The fourth-order valence-corrected chi connectivity index (χ4v) is 2.77. The summed E-state index contributed by atoms with van der Waals surface area (Å²) in [5.74, 6) is -0.142. The number of aromatic nitrogens is 1. The lowest BCUT2D eigenvalue weighted by Crippen LogP contribution is -2.53. The Hall–Kier alpha value is -2.11. The second-order valence-electron chi connectivity index (χ2n) is 7.20. The summed E-state index contributed by atoms with van der Waals surface area (Å²) in [4.78, 5) is 30.7. The van der Waals surface area contributed by atoms with Gasteiger partial charge in [0.2, 0.25) is 5.91 Å². The Bertz CT molecular complexity index is 569. The Morgan fingerprint density at radius 1 is 1.38 bits per heavy atom. The summed E-state index contributed by atoms with van der Waals surface area (Å²) < 4.78 is 5.44. The number of amides is 2. The average molecular weight is 333 g/mol. The smallest absolute Gasteiger partial charge is 0.410 e. The van der Waals surface area contributed by atoms with Crippen LogP contribution >= 0.6 is 0 Å². The van der Waals surface area contributed by atoms with Gasteiger partial charge in [-0.1, -0.05) is 6.07 Å². The minimum atomic E-state index is -0.571. The van der Waals surface area contributed by atoms with Crippen molar-refractivity contribution in [2.45, 2.75) is 64.6 Å². The number of hydrogen-bond acceptors (Lipinski definition) is 4. The number of likely N-dealkylation sites (tertiary alicyclic amines) is 1. The lowest BCUT2D eigenvalue weighted by molar-refractivity contribution is -0.128. The maximum absolute atomic E-state index is 12.7. The quantitative estimate of drug-likeness (QED) is 0.923. The molecule has 1 aromatic heterocycles. The van der Waals surface area contributed by atoms with Crippen molar-refractivity contribution in [2.24, 2.45) is 0 Å². The van der Waals surface area contributed by atoms with Crippen molar-refractivity contribution < 1.29 is 14.3 Å². The van der Waals surface area contributed by atoms with Gasteiger partial charge in [0, 0.05) is 18.9 Å².